The summed E-state index contributed by atoms with van der Waals surface area (Å²) in [5.74, 6) is 0.668. The molecule has 1 aliphatic rings. The Balaban J connectivity index is 1.64. The van der Waals surface area contributed by atoms with Gasteiger partial charge in [0.2, 0.25) is 5.75 Å². The number of hydrogen-bond acceptors (Lipinski definition) is 6. The number of esters is 1. The number of amides is 1. The van der Waals surface area contributed by atoms with Crippen LogP contribution in [0.2, 0.25) is 0 Å². The highest BCUT2D eigenvalue weighted by Gasteiger charge is 2.22. The van der Waals surface area contributed by atoms with Crippen molar-refractivity contribution in [2.24, 2.45) is 0 Å². The van der Waals surface area contributed by atoms with Crippen LogP contribution in [0.15, 0.2) is 48.5 Å². The lowest BCUT2D eigenvalue weighted by molar-refractivity contribution is -0.148. The number of benzene rings is 2. The summed E-state index contributed by atoms with van der Waals surface area (Å²) in [4.78, 5) is 26.1. The van der Waals surface area contributed by atoms with E-state index >= 15 is 0 Å². The molecule has 2 aromatic rings. The molecule has 1 atom stereocenters. The standard InChI is InChI=1S/C22H23NO6/c1-15(22(25)23(2)17-7-5-4-6-8-17)29-20(24)10-9-16-13-18(26-3)21-19(14-16)27-11-12-28-21/h4-10,13-15H,11-12H2,1-3H3/b10-9+/t15-/m1/s1. The summed E-state index contributed by atoms with van der Waals surface area (Å²) in [6, 6.07) is 12.6. The molecule has 0 unspecified atom stereocenters. The SMILES string of the molecule is COc1cc(/C=C/C(=O)O[C@H](C)C(=O)N(C)c2ccccc2)cc2c1OCCO2. The first-order chi connectivity index (χ1) is 14.0. The van der Waals surface area contributed by atoms with E-state index in [4.69, 9.17) is 18.9 Å². The van der Waals surface area contributed by atoms with Crippen LogP contribution in [0, 0.1) is 0 Å². The monoisotopic (exact) mass is 397 g/mol. The summed E-state index contributed by atoms with van der Waals surface area (Å²) in [6.07, 6.45) is 1.91. The molecule has 1 amide bonds. The molecule has 1 heterocycles. The fourth-order valence-electron chi connectivity index (χ4n) is 2.87. The number of fused-ring (bicyclic) bond motifs is 1. The summed E-state index contributed by atoms with van der Waals surface area (Å²) >= 11 is 0. The van der Waals surface area contributed by atoms with E-state index in [1.807, 2.05) is 30.3 Å². The lowest BCUT2D eigenvalue weighted by Gasteiger charge is -2.21. The third kappa shape index (κ3) is 4.87. The van der Waals surface area contributed by atoms with E-state index in [0.29, 0.717) is 36.0 Å². The van der Waals surface area contributed by atoms with Crippen LogP contribution < -0.4 is 19.1 Å². The minimum Gasteiger partial charge on any atom is -0.493 e. The smallest absolute Gasteiger partial charge is 0.331 e. The highest BCUT2D eigenvalue weighted by Crippen LogP contribution is 2.40. The molecule has 1 aliphatic heterocycles. The lowest BCUT2D eigenvalue weighted by Crippen LogP contribution is -2.37. The second kappa shape index (κ2) is 9.14. The average Bonchev–Trinajstić information content (AvgIpc) is 2.76. The predicted octanol–water partition coefficient (Wildman–Crippen LogP) is 3.07. The topological polar surface area (TPSA) is 74.3 Å². The summed E-state index contributed by atoms with van der Waals surface area (Å²) < 4.78 is 21.7. The number of carbonyl (C=O) groups excluding carboxylic acids is 2. The largest absolute Gasteiger partial charge is 0.493 e. The van der Waals surface area contributed by atoms with Crippen molar-refractivity contribution < 1.29 is 28.5 Å². The van der Waals surface area contributed by atoms with Gasteiger partial charge in [-0.1, -0.05) is 18.2 Å². The van der Waals surface area contributed by atoms with Gasteiger partial charge in [0.1, 0.15) is 13.2 Å². The van der Waals surface area contributed by atoms with Gasteiger partial charge >= 0.3 is 5.97 Å². The zero-order valence-corrected chi connectivity index (χ0v) is 16.6. The first kappa shape index (κ1) is 20.3. The zero-order valence-electron chi connectivity index (χ0n) is 16.6. The second-order valence-corrected chi connectivity index (χ2v) is 6.39. The van der Waals surface area contributed by atoms with Crippen LogP contribution in [0.25, 0.3) is 6.08 Å². The van der Waals surface area contributed by atoms with Crippen molar-refractivity contribution in [3.05, 3.63) is 54.1 Å². The Kier molecular flexibility index (Phi) is 6.39. The number of hydrogen-bond donors (Lipinski definition) is 0. The molecule has 152 valence electrons. The van der Waals surface area contributed by atoms with Gasteiger partial charge in [0.25, 0.3) is 5.91 Å². The van der Waals surface area contributed by atoms with Crippen molar-refractivity contribution in [1.29, 1.82) is 0 Å². The minimum absolute atomic E-state index is 0.320. The summed E-state index contributed by atoms with van der Waals surface area (Å²) in [5.41, 5.74) is 1.41. The summed E-state index contributed by atoms with van der Waals surface area (Å²) in [7, 11) is 3.17. The van der Waals surface area contributed by atoms with E-state index in [9.17, 15) is 9.59 Å². The van der Waals surface area contributed by atoms with Gasteiger partial charge in [0.05, 0.1) is 7.11 Å². The fourth-order valence-corrected chi connectivity index (χ4v) is 2.87. The predicted molar refractivity (Wildman–Crippen MR) is 108 cm³/mol. The van der Waals surface area contributed by atoms with Crippen molar-refractivity contribution in [2.45, 2.75) is 13.0 Å². The highest BCUT2D eigenvalue weighted by atomic mass is 16.6. The van der Waals surface area contributed by atoms with Gasteiger partial charge in [-0.25, -0.2) is 4.79 Å². The van der Waals surface area contributed by atoms with Gasteiger partial charge in [-0.3, -0.25) is 4.79 Å². The van der Waals surface area contributed by atoms with Crippen LogP contribution in [-0.2, 0) is 14.3 Å². The van der Waals surface area contributed by atoms with E-state index in [-0.39, 0.29) is 5.91 Å². The van der Waals surface area contributed by atoms with E-state index < -0.39 is 12.1 Å². The van der Waals surface area contributed by atoms with E-state index in [1.165, 1.54) is 18.1 Å². The average molecular weight is 397 g/mol. The molecule has 0 radical (unpaired) electrons. The number of carbonyl (C=O) groups is 2. The lowest BCUT2D eigenvalue weighted by atomic mass is 10.1. The Morgan fingerprint density at radius 1 is 1.14 bits per heavy atom. The van der Waals surface area contributed by atoms with Gasteiger partial charge in [0, 0.05) is 18.8 Å². The number of likely N-dealkylation sites (N-methyl/N-ethyl adjacent to an activating group) is 1. The normalized spacial score (nSPS) is 13.6. The number of rotatable bonds is 6. The van der Waals surface area contributed by atoms with Gasteiger partial charge in [0.15, 0.2) is 17.6 Å². The van der Waals surface area contributed by atoms with E-state index in [1.54, 1.807) is 32.2 Å². The molecule has 0 N–H and O–H groups in total. The Hall–Kier alpha value is -3.48. The third-order valence-corrected chi connectivity index (χ3v) is 4.38. The van der Waals surface area contributed by atoms with Crippen LogP contribution in [0.4, 0.5) is 5.69 Å². The Bertz CT molecular complexity index is 892. The van der Waals surface area contributed by atoms with Crippen LogP contribution in [-0.4, -0.2) is 45.4 Å². The summed E-state index contributed by atoms with van der Waals surface area (Å²) in [6.45, 7) is 2.44. The van der Waals surface area contributed by atoms with Crippen LogP contribution >= 0.6 is 0 Å². The zero-order chi connectivity index (χ0) is 20.8. The molecule has 3 rings (SSSR count). The van der Waals surface area contributed by atoms with Crippen molar-refractivity contribution >= 4 is 23.6 Å². The molecule has 0 bridgehead atoms. The number of ether oxygens (including phenoxy) is 4. The highest BCUT2D eigenvalue weighted by molar-refractivity contribution is 5.98. The maximum absolute atomic E-state index is 12.5. The van der Waals surface area contributed by atoms with E-state index in [2.05, 4.69) is 0 Å². The Labute approximate surface area is 169 Å². The molecule has 7 heteroatoms. The number of nitrogens with zero attached hydrogens (tertiary/aromatic N) is 1. The maximum Gasteiger partial charge on any atom is 0.331 e. The van der Waals surface area contributed by atoms with Gasteiger partial charge < -0.3 is 23.8 Å². The Morgan fingerprint density at radius 2 is 1.86 bits per heavy atom. The van der Waals surface area contributed by atoms with Crippen LogP contribution in [0.1, 0.15) is 12.5 Å². The van der Waals surface area contributed by atoms with Crippen molar-refractivity contribution in [2.75, 3.05) is 32.3 Å². The summed E-state index contributed by atoms with van der Waals surface area (Å²) in [5, 5.41) is 0. The minimum atomic E-state index is -0.924. The first-order valence-electron chi connectivity index (χ1n) is 9.18. The maximum atomic E-state index is 12.5. The van der Waals surface area contributed by atoms with Crippen LogP contribution in [0.3, 0.4) is 0 Å². The number of anilines is 1. The van der Waals surface area contributed by atoms with Gasteiger partial charge in [-0.05, 0) is 42.8 Å². The molecule has 0 spiro atoms. The van der Waals surface area contributed by atoms with Crippen LogP contribution in [0.5, 0.6) is 17.2 Å². The molecular weight excluding hydrogens is 374 g/mol. The molecule has 2 aromatic carbocycles. The number of methoxy groups -OCH3 is 1. The molecule has 0 saturated heterocycles. The van der Waals surface area contributed by atoms with Crippen molar-refractivity contribution in [3.8, 4) is 17.2 Å². The van der Waals surface area contributed by atoms with E-state index in [0.717, 1.165) is 5.69 Å². The molecular formula is C22H23NO6. The second-order valence-electron chi connectivity index (χ2n) is 6.39. The molecule has 29 heavy (non-hydrogen) atoms. The molecule has 7 nitrogen and oxygen atoms in total. The molecule has 0 aromatic heterocycles. The van der Waals surface area contributed by atoms with Crippen molar-refractivity contribution in [1.82, 2.24) is 0 Å². The first-order valence-corrected chi connectivity index (χ1v) is 9.18. The molecule has 0 aliphatic carbocycles. The quantitative estimate of drug-likeness (QED) is 0.551. The Morgan fingerprint density at radius 3 is 2.59 bits per heavy atom. The third-order valence-electron chi connectivity index (χ3n) is 4.38. The number of para-hydroxylation sites is 1. The van der Waals surface area contributed by atoms with Crippen molar-refractivity contribution in [3.63, 3.8) is 0 Å². The van der Waals surface area contributed by atoms with Gasteiger partial charge in [-0.2, -0.15) is 0 Å². The molecule has 0 fully saturated rings. The van der Waals surface area contributed by atoms with Gasteiger partial charge in [-0.15, -0.1) is 0 Å². The fraction of sp³-hybridized carbons (Fsp3) is 0.273. The molecule has 0 saturated carbocycles.